The number of aliphatic hydroxyl groups excluding tert-OH is 1. The number of nitrogens with zero attached hydrogens (tertiary/aromatic N) is 1. The Morgan fingerprint density at radius 1 is 0.960 bits per heavy atom. The maximum Gasteiger partial charge on any atom is 0.307 e. The monoisotopic (exact) mass is 360 g/mol. The number of ether oxygens (including phenoxy) is 1. The molecule has 1 atom stereocenters. The summed E-state index contributed by atoms with van der Waals surface area (Å²) in [5.74, 6) is -2.27. The van der Waals surface area contributed by atoms with Gasteiger partial charge in [-0.1, -0.05) is 0 Å². The van der Waals surface area contributed by atoms with E-state index < -0.39 is 24.0 Å². The minimum atomic E-state index is -1.02. The number of carboxylic acid groups (broad SMARTS) is 2. The van der Waals surface area contributed by atoms with Gasteiger partial charge in [0.2, 0.25) is 0 Å². The number of hydrogen-bond donors (Lipinski definition) is 3. The van der Waals surface area contributed by atoms with Crippen LogP contribution in [-0.2, 0) is 19.1 Å². The van der Waals surface area contributed by atoms with Gasteiger partial charge in [-0.05, 0) is 25.3 Å². The summed E-state index contributed by atoms with van der Waals surface area (Å²) in [6.07, 6.45) is 2.34. The zero-order valence-corrected chi connectivity index (χ0v) is 15.2. The van der Waals surface area contributed by atoms with Crippen LogP contribution in [0, 0.1) is 0 Å². The number of aliphatic carboxylic acids is 2. The number of unbranched alkanes of at least 4 members (excludes halogenated alkanes) is 1. The van der Waals surface area contributed by atoms with E-state index in [1.807, 2.05) is 21.1 Å². The molecule has 0 aromatic rings. The molecule has 0 bridgehead atoms. The molecule has 0 fully saturated rings. The predicted octanol–water partition coefficient (Wildman–Crippen LogP) is 1.95. The third-order valence-electron chi connectivity index (χ3n) is 3.24. The molecule has 0 spiro atoms. The molecule has 8 heteroatoms. The van der Waals surface area contributed by atoms with Crippen molar-refractivity contribution in [2.45, 2.75) is 51.0 Å². The Morgan fingerprint density at radius 2 is 1.60 bits per heavy atom. The number of allylic oxidation sites excluding steroid dienone is 2. The topological polar surface area (TPSA) is 121 Å². The first-order valence-corrected chi connectivity index (χ1v) is 8.31. The van der Waals surface area contributed by atoms with Crippen LogP contribution in [0.25, 0.3) is 0 Å². The molecule has 0 radical (unpaired) electrons. The highest BCUT2D eigenvalue weighted by Gasteiger charge is 2.24. The fraction of sp³-hybridized carbons (Fsp3) is 0.706. The molecule has 1 unspecified atom stereocenters. The molecule has 8 nitrogen and oxygen atoms in total. The molecular formula is C17H30NO7+. The maximum absolute atomic E-state index is 11.8. The fourth-order valence-corrected chi connectivity index (χ4v) is 2.23. The Labute approximate surface area is 148 Å². The summed E-state index contributed by atoms with van der Waals surface area (Å²) in [5, 5.41) is 27.1. The van der Waals surface area contributed by atoms with Crippen LogP contribution < -0.4 is 0 Å². The van der Waals surface area contributed by atoms with Gasteiger partial charge in [-0.3, -0.25) is 14.4 Å². The second kappa shape index (κ2) is 11.5. The first-order chi connectivity index (χ1) is 11.5. The van der Waals surface area contributed by atoms with Crippen molar-refractivity contribution >= 4 is 17.9 Å². The summed E-state index contributed by atoms with van der Waals surface area (Å²) in [6, 6.07) is 0. The number of aliphatic hydroxyl groups is 1. The SMILES string of the molecule is C[N+](C)(C)CC(CC(=O)O)OC(=O)CCC/C(O)=C/CCCC(=O)O. The minimum absolute atomic E-state index is 0.0490. The van der Waals surface area contributed by atoms with Crippen LogP contribution in [0.1, 0.15) is 44.9 Å². The lowest BCUT2D eigenvalue weighted by molar-refractivity contribution is -0.873. The second-order valence-corrected chi connectivity index (χ2v) is 7.02. The van der Waals surface area contributed by atoms with E-state index in [1.165, 1.54) is 0 Å². The highest BCUT2D eigenvalue weighted by molar-refractivity contribution is 5.71. The van der Waals surface area contributed by atoms with Crippen molar-refractivity contribution in [3.8, 4) is 0 Å². The van der Waals surface area contributed by atoms with Gasteiger partial charge in [-0.2, -0.15) is 0 Å². The van der Waals surface area contributed by atoms with E-state index in [-0.39, 0.29) is 25.0 Å². The Bertz CT molecular complexity index is 480. The molecule has 0 amide bonds. The summed E-state index contributed by atoms with van der Waals surface area (Å²) in [4.78, 5) is 33.1. The van der Waals surface area contributed by atoms with E-state index in [9.17, 15) is 19.5 Å². The smallest absolute Gasteiger partial charge is 0.307 e. The lowest BCUT2D eigenvalue weighted by Crippen LogP contribution is -2.43. The van der Waals surface area contributed by atoms with E-state index in [0.29, 0.717) is 36.7 Å². The zero-order valence-electron chi connectivity index (χ0n) is 15.2. The van der Waals surface area contributed by atoms with E-state index >= 15 is 0 Å². The first kappa shape index (κ1) is 22.9. The summed E-state index contributed by atoms with van der Waals surface area (Å²) < 4.78 is 5.72. The highest BCUT2D eigenvalue weighted by Crippen LogP contribution is 2.11. The number of rotatable bonds is 13. The van der Waals surface area contributed by atoms with Gasteiger partial charge in [0.1, 0.15) is 6.54 Å². The lowest BCUT2D eigenvalue weighted by atomic mass is 10.1. The molecular weight excluding hydrogens is 330 g/mol. The van der Waals surface area contributed by atoms with Gasteiger partial charge < -0.3 is 24.5 Å². The predicted molar refractivity (Wildman–Crippen MR) is 91.1 cm³/mol. The van der Waals surface area contributed by atoms with Gasteiger partial charge in [0.05, 0.1) is 33.3 Å². The average molecular weight is 360 g/mol. The molecule has 0 saturated heterocycles. The molecule has 0 saturated carbocycles. The van der Waals surface area contributed by atoms with Crippen LogP contribution in [0.3, 0.4) is 0 Å². The Kier molecular flexibility index (Phi) is 10.5. The van der Waals surface area contributed by atoms with Crippen LogP contribution in [0.2, 0.25) is 0 Å². The third kappa shape index (κ3) is 15.2. The minimum Gasteiger partial charge on any atom is -0.513 e. The van der Waals surface area contributed by atoms with Gasteiger partial charge in [0.15, 0.2) is 6.10 Å². The largest absolute Gasteiger partial charge is 0.513 e. The third-order valence-corrected chi connectivity index (χ3v) is 3.24. The molecule has 144 valence electrons. The van der Waals surface area contributed by atoms with E-state index in [4.69, 9.17) is 14.9 Å². The van der Waals surface area contributed by atoms with Gasteiger partial charge in [0.25, 0.3) is 0 Å². The van der Waals surface area contributed by atoms with Crippen LogP contribution >= 0.6 is 0 Å². The zero-order chi connectivity index (χ0) is 19.5. The molecule has 25 heavy (non-hydrogen) atoms. The molecule has 0 aromatic carbocycles. The van der Waals surface area contributed by atoms with Crippen molar-refractivity contribution in [2.75, 3.05) is 27.7 Å². The number of carbonyl (C=O) groups excluding carboxylic acids is 1. The Balaban J connectivity index is 4.19. The maximum atomic E-state index is 11.8. The summed E-state index contributed by atoms with van der Waals surface area (Å²) >= 11 is 0. The van der Waals surface area contributed by atoms with E-state index in [0.717, 1.165) is 0 Å². The molecule has 3 N–H and O–H groups in total. The summed E-state index contributed by atoms with van der Waals surface area (Å²) in [5.41, 5.74) is 0. The summed E-state index contributed by atoms with van der Waals surface area (Å²) in [6.45, 7) is 0.396. The van der Waals surface area contributed by atoms with Crippen molar-refractivity contribution in [2.24, 2.45) is 0 Å². The van der Waals surface area contributed by atoms with Crippen LogP contribution in [0.5, 0.6) is 0 Å². The number of esters is 1. The van der Waals surface area contributed by atoms with Crippen LogP contribution in [0.4, 0.5) is 0 Å². The van der Waals surface area contributed by atoms with Crippen molar-refractivity contribution in [3.63, 3.8) is 0 Å². The number of quaternary nitrogens is 1. The molecule has 0 heterocycles. The second-order valence-electron chi connectivity index (χ2n) is 7.02. The van der Waals surface area contributed by atoms with Crippen molar-refractivity contribution in [1.82, 2.24) is 0 Å². The van der Waals surface area contributed by atoms with Gasteiger partial charge >= 0.3 is 17.9 Å². The van der Waals surface area contributed by atoms with E-state index in [2.05, 4.69) is 0 Å². The van der Waals surface area contributed by atoms with Crippen molar-refractivity contribution in [3.05, 3.63) is 11.8 Å². The van der Waals surface area contributed by atoms with Gasteiger partial charge in [0, 0.05) is 19.3 Å². The van der Waals surface area contributed by atoms with Gasteiger partial charge in [-0.15, -0.1) is 0 Å². The lowest BCUT2D eigenvalue weighted by Gasteiger charge is -2.28. The highest BCUT2D eigenvalue weighted by atomic mass is 16.5. The molecule has 0 aromatic heterocycles. The fourth-order valence-electron chi connectivity index (χ4n) is 2.23. The summed E-state index contributed by atoms with van der Waals surface area (Å²) in [7, 11) is 5.65. The van der Waals surface area contributed by atoms with Gasteiger partial charge in [-0.25, -0.2) is 0 Å². The molecule has 0 aliphatic rings. The first-order valence-electron chi connectivity index (χ1n) is 8.31. The molecule has 0 rings (SSSR count). The number of carbonyl (C=O) groups is 3. The van der Waals surface area contributed by atoms with Crippen LogP contribution in [0.15, 0.2) is 11.8 Å². The Morgan fingerprint density at radius 3 is 2.12 bits per heavy atom. The average Bonchev–Trinajstić information content (AvgIpc) is 2.40. The number of hydrogen-bond acceptors (Lipinski definition) is 5. The Hall–Kier alpha value is -2.09. The molecule has 0 aliphatic heterocycles. The van der Waals surface area contributed by atoms with Crippen LogP contribution in [-0.4, -0.2) is 71.5 Å². The standard InChI is InChI=1S/C17H29NO7/c1-18(2,3)12-14(11-16(22)23)25-17(24)10-6-8-13(19)7-4-5-9-15(20)21/h7,14H,4-6,8-12H2,1-3H3,(H2-,19,20,21,22,23)/p+1/b13-7-. The normalized spacial score (nSPS) is 13.3. The van der Waals surface area contributed by atoms with Crippen molar-refractivity contribution < 1.29 is 38.9 Å². The molecule has 0 aliphatic carbocycles. The number of carboxylic acids is 2. The van der Waals surface area contributed by atoms with Crippen molar-refractivity contribution in [1.29, 1.82) is 0 Å². The number of likely N-dealkylation sites (N-methyl/N-ethyl adjacent to an activating group) is 1. The van der Waals surface area contributed by atoms with E-state index in [1.54, 1.807) is 6.08 Å². The quantitative estimate of drug-likeness (QED) is 0.199.